The maximum Gasteiger partial charge on any atom is 0.255 e. The zero-order valence-corrected chi connectivity index (χ0v) is 11.6. The van der Waals surface area contributed by atoms with E-state index in [4.69, 9.17) is 0 Å². The molecule has 2 aromatic rings. The number of hydrogen-bond acceptors (Lipinski definition) is 2. The number of benzene rings is 2. The van der Waals surface area contributed by atoms with E-state index in [9.17, 15) is 9.59 Å². The number of anilines is 1. The Bertz CT molecular complexity index is 630. The summed E-state index contributed by atoms with van der Waals surface area (Å²) in [5, 5.41) is 2.80. The molecular weight excluding hydrogens is 250 g/mol. The third-order valence-corrected chi connectivity index (χ3v) is 3.11. The summed E-state index contributed by atoms with van der Waals surface area (Å²) in [7, 11) is 0. The molecule has 0 bridgehead atoms. The van der Waals surface area contributed by atoms with Gasteiger partial charge in [-0.05, 0) is 31.2 Å². The molecule has 2 aromatic carbocycles. The van der Waals surface area contributed by atoms with Crippen LogP contribution in [0.15, 0.2) is 48.5 Å². The van der Waals surface area contributed by atoms with Gasteiger partial charge in [0.2, 0.25) is 0 Å². The molecule has 0 heterocycles. The molecule has 0 saturated heterocycles. The molecule has 102 valence electrons. The summed E-state index contributed by atoms with van der Waals surface area (Å²) in [4.78, 5) is 24.0. The lowest BCUT2D eigenvalue weighted by Gasteiger charge is -2.09. The highest BCUT2D eigenvalue weighted by molar-refractivity contribution is 6.09. The molecule has 1 N–H and O–H groups in total. The van der Waals surface area contributed by atoms with Crippen molar-refractivity contribution >= 4 is 17.4 Å². The van der Waals surface area contributed by atoms with Crippen LogP contribution in [0.1, 0.15) is 39.6 Å². The van der Waals surface area contributed by atoms with Crippen LogP contribution in [-0.4, -0.2) is 11.7 Å². The quantitative estimate of drug-likeness (QED) is 0.855. The van der Waals surface area contributed by atoms with E-state index in [2.05, 4.69) is 5.32 Å². The number of rotatable bonds is 4. The number of para-hydroxylation sites is 1. The van der Waals surface area contributed by atoms with Crippen molar-refractivity contribution < 1.29 is 9.59 Å². The second-order valence-corrected chi connectivity index (χ2v) is 4.64. The number of amides is 1. The van der Waals surface area contributed by atoms with Crippen LogP contribution in [0.25, 0.3) is 0 Å². The zero-order valence-electron chi connectivity index (χ0n) is 11.6. The van der Waals surface area contributed by atoms with Crippen molar-refractivity contribution in [3.05, 3.63) is 65.2 Å². The smallest absolute Gasteiger partial charge is 0.255 e. The van der Waals surface area contributed by atoms with E-state index in [1.165, 1.54) is 0 Å². The van der Waals surface area contributed by atoms with Gasteiger partial charge in [0.1, 0.15) is 0 Å². The molecule has 0 spiro atoms. The van der Waals surface area contributed by atoms with Crippen molar-refractivity contribution in [3.63, 3.8) is 0 Å². The molecule has 0 radical (unpaired) electrons. The molecule has 0 atom stereocenters. The van der Waals surface area contributed by atoms with Crippen molar-refractivity contribution in [1.29, 1.82) is 0 Å². The monoisotopic (exact) mass is 267 g/mol. The molecule has 1 amide bonds. The van der Waals surface area contributed by atoms with Gasteiger partial charge in [0.05, 0.1) is 5.69 Å². The zero-order chi connectivity index (χ0) is 14.5. The Labute approximate surface area is 118 Å². The summed E-state index contributed by atoms with van der Waals surface area (Å²) in [5.74, 6) is -0.189. The van der Waals surface area contributed by atoms with Gasteiger partial charge in [0, 0.05) is 17.5 Å². The lowest BCUT2D eigenvalue weighted by Crippen LogP contribution is -2.14. The Hall–Kier alpha value is -2.42. The van der Waals surface area contributed by atoms with Crippen LogP contribution in [0.3, 0.4) is 0 Å². The fraction of sp³-hybridized carbons (Fsp3) is 0.176. The van der Waals surface area contributed by atoms with Gasteiger partial charge in [-0.2, -0.15) is 0 Å². The molecule has 0 saturated carbocycles. The predicted octanol–water partition coefficient (Wildman–Crippen LogP) is 3.84. The van der Waals surface area contributed by atoms with E-state index in [0.29, 0.717) is 23.2 Å². The standard InChI is InChI=1S/C17H17NO2/c1-3-16(19)14-6-4-5-7-15(14)18-17(20)13-10-8-12(2)9-11-13/h4-11H,3H2,1-2H3,(H,18,20). The predicted molar refractivity (Wildman–Crippen MR) is 80.2 cm³/mol. The Morgan fingerprint density at radius 1 is 1.00 bits per heavy atom. The summed E-state index contributed by atoms with van der Waals surface area (Å²) in [6.07, 6.45) is 0.414. The number of nitrogens with one attached hydrogen (secondary N) is 1. The molecule has 0 unspecified atom stereocenters. The van der Waals surface area contributed by atoms with Gasteiger partial charge < -0.3 is 5.32 Å². The summed E-state index contributed by atoms with van der Waals surface area (Å²) < 4.78 is 0. The van der Waals surface area contributed by atoms with Gasteiger partial charge in [-0.15, -0.1) is 0 Å². The molecule has 0 aliphatic carbocycles. The molecule has 0 aliphatic heterocycles. The average molecular weight is 267 g/mol. The summed E-state index contributed by atoms with van der Waals surface area (Å²) in [6, 6.07) is 14.4. The summed E-state index contributed by atoms with van der Waals surface area (Å²) in [5.41, 5.74) is 2.79. The highest BCUT2D eigenvalue weighted by Crippen LogP contribution is 2.18. The van der Waals surface area contributed by atoms with Gasteiger partial charge in [-0.1, -0.05) is 36.8 Å². The van der Waals surface area contributed by atoms with E-state index in [0.717, 1.165) is 5.56 Å². The van der Waals surface area contributed by atoms with Crippen LogP contribution in [0.4, 0.5) is 5.69 Å². The number of aryl methyl sites for hydroxylation is 1. The Morgan fingerprint density at radius 2 is 1.65 bits per heavy atom. The average Bonchev–Trinajstić information content (AvgIpc) is 2.47. The first-order valence-electron chi connectivity index (χ1n) is 6.62. The first-order valence-corrected chi connectivity index (χ1v) is 6.62. The first kappa shape index (κ1) is 14.0. The maximum atomic E-state index is 12.2. The van der Waals surface area contributed by atoms with Gasteiger partial charge in [-0.25, -0.2) is 0 Å². The van der Waals surface area contributed by atoms with E-state index in [1.807, 2.05) is 19.1 Å². The van der Waals surface area contributed by atoms with Crippen LogP contribution in [0, 0.1) is 6.92 Å². The number of Topliss-reactive ketones (excluding diaryl/α,β-unsaturated/α-hetero) is 1. The fourth-order valence-corrected chi connectivity index (χ4v) is 1.93. The third-order valence-electron chi connectivity index (χ3n) is 3.11. The SMILES string of the molecule is CCC(=O)c1ccccc1NC(=O)c1ccc(C)cc1. The minimum absolute atomic E-state index is 0.0183. The van der Waals surface area contributed by atoms with E-state index < -0.39 is 0 Å². The van der Waals surface area contributed by atoms with Crippen molar-refractivity contribution in [2.24, 2.45) is 0 Å². The fourth-order valence-electron chi connectivity index (χ4n) is 1.93. The highest BCUT2D eigenvalue weighted by Gasteiger charge is 2.12. The largest absolute Gasteiger partial charge is 0.321 e. The van der Waals surface area contributed by atoms with Crippen molar-refractivity contribution in [3.8, 4) is 0 Å². The minimum Gasteiger partial charge on any atom is -0.321 e. The highest BCUT2D eigenvalue weighted by atomic mass is 16.1. The van der Waals surface area contributed by atoms with E-state index in [1.54, 1.807) is 43.3 Å². The van der Waals surface area contributed by atoms with Crippen LogP contribution in [0.2, 0.25) is 0 Å². The van der Waals surface area contributed by atoms with Crippen LogP contribution in [-0.2, 0) is 0 Å². The molecule has 0 aliphatic rings. The van der Waals surface area contributed by atoms with Gasteiger partial charge in [-0.3, -0.25) is 9.59 Å². The topological polar surface area (TPSA) is 46.2 Å². The number of ketones is 1. The van der Waals surface area contributed by atoms with Crippen LogP contribution in [0.5, 0.6) is 0 Å². The third kappa shape index (κ3) is 3.12. The molecule has 2 rings (SSSR count). The maximum absolute atomic E-state index is 12.2. The first-order chi connectivity index (χ1) is 9.61. The second kappa shape index (κ2) is 6.15. The molecule has 3 nitrogen and oxygen atoms in total. The van der Waals surface area contributed by atoms with Crippen LogP contribution < -0.4 is 5.32 Å². The molecule has 20 heavy (non-hydrogen) atoms. The number of carbonyl (C=O) groups excluding carboxylic acids is 2. The molecular formula is C17H17NO2. The lowest BCUT2D eigenvalue weighted by atomic mass is 10.1. The number of carbonyl (C=O) groups is 2. The van der Waals surface area contributed by atoms with E-state index >= 15 is 0 Å². The van der Waals surface area contributed by atoms with Gasteiger partial charge in [0.15, 0.2) is 5.78 Å². The summed E-state index contributed by atoms with van der Waals surface area (Å²) in [6.45, 7) is 3.78. The Morgan fingerprint density at radius 3 is 2.30 bits per heavy atom. The number of hydrogen-bond donors (Lipinski definition) is 1. The second-order valence-electron chi connectivity index (χ2n) is 4.64. The van der Waals surface area contributed by atoms with Crippen LogP contribution >= 0.6 is 0 Å². The van der Waals surface area contributed by atoms with Gasteiger partial charge >= 0.3 is 0 Å². The Kier molecular flexibility index (Phi) is 4.31. The van der Waals surface area contributed by atoms with Crippen molar-refractivity contribution in [2.45, 2.75) is 20.3 Å². The minimum atomic E-state index is -0.207. The molecule has 0 aromatic heterocycles. The normalized spacial score (nSPS) is 10.1. The van der Waals surface area contributed by atoms with Crippen molar-refractivity contribution in [1.82, 2.24) is 0 Å². The van der Waals surface area contributed by atoms with Gasteiger partial charge in [0.25, 0.3) is 5.91 Å². The lowest BCUT2D eigenvalue weighted by molar-refractivity contribution is 0.0989. The summed E-state index contributed by atoms with van der Waals surface area (Å²) >= 11 is 0. The Balaban J connectivity index is 2.24. The van der Waals surface area contributed by atoms with E-state index in [-0.39, 0.29) is 11.7 Å². The van der Waals surface area contributed by atoms with Crippen molar-refractivity contribution in [2.75, 3.05) is 5.32 Å². The molecule has 3 heteroatoms. The molecule has 0 fully saturated rings.